The van der Waals surface area contributed by atoms with Gasteiger partial charge < -0.3 is 5.73 Å². The van der Waals surface area contributed by atoms with Crippen molar-refractivity contribution in [2.45, 2.75) is 38.8 Å². The molecule has 1 aromatic heterocycles. The van der Waals surface area contributed by atoms with Crippen molar-refractivity contribution in [3.8, 4) is 0 Å². The van der Waals surface area contributed by atoms with Crippen LogP contribution in [0.4, 0.5) is 0 Å². The van der Waals surface area contributed by atoms with E-state index in [1.807, 2.05) is 6.20 Å². The molecule has 0 saturated heterocycles. The summed E-state index contributed by atoms with van der Waals surface area (Å²) in [5, 5.41) is 4.29. The van der Waals surface area contributed by atoms with E-state index >= 15 is 0 Å². The zero-order valence-corrected chi connectivity index (χ0v) is 8.11. The minimum Gasteiger partial charge on any atom is -0.328 e. The zero-order chi connectivity index (χ0) is 9.26. The molecule has 0 amide bonds. The summed E-state index contributed by atoms with van der Waals surface area (Å²) in [5.74, 6) is 0.729. The first-order chi connectivity index (χ1) is 6.25. The molecule has 2 atom stereocenters. The van der Waals surface area contributed by atoms with Gasteiger partial charge in [0.25, 0.3) is 0 Å². The second-order valence-corrected chi connectivity index (χ2v) is 4.12. The van der Waals surface area contributed by atoms with E-state index in [0.717, 1.165) is 25.3 Å². The number of nitrogens with zero attached hydrogens (tertiary/aromatic N) is 2. The summed E-state index contributed by atoms with van der Waals surface area (Å²) in [6, 6.07) is 2.43. The molecular formula is C10H17N3. The largest absolute Gasteiger partial charge is 0.328 e. The van der Waals surface area contributed by atoms with Crippen LogP contribution >= 0.6 is 0 Å². The molecule has 1 aromatic rings. The highest BCUT2D eigenvalue weighted by molar-refractivity contribution is 5.03. The third-order valence-electron chi connectivity index (χ3n) is 2.75. The van der Waals surface area contributed by atoms with Gasteiger partial charge in [-0.2, -0.15) is 5.10 Å². The smallest absolute Gasteiger partial charge is 0.0492 e. The van der Waals surface area contributed by atoms with Crippen LogP contribution in [-0.4, -0.2) is 15.8 Å². The van der Waals surface area contributed by atoms with Gasteiger partial charge in [-0.15, -0.1) is 0 Å². The first-order valence-electron chi connectivity index (χ1n) is 5.02. The van der Waals surface area contributed by atoms with Crippen molar-refractivity contribution in [2.75, 3.05) is 0 Å². The Hall–Kier alpha value is -0.830. The Balaban J connectivity index is 2.00. The first kappa shape index (κ1) is 8.75. The van der Waals surface area contributed by atoms with E-state index in [2.05, 4.69) is 22.8 Å². The Morgan fingerprint density at radius 1 is 1.77 bits per heavy atom. The van der Waals surface area contributed by atoms with Crippen LogP contribution in [0, 0.1) is 5.92 Å². The fourth-order valence-electron chi connectivity index (χ4n) is 2.14. The molecule has 0 aromatic carbocycles. The summed E-state index contributed by atoms with van der Waals surface area (Å²) in [7, 11) is 0. The molecule has 2 unspecified atom stereocenters. The van der Waals surface area contributed by atoms with Crippen molar-refractivity contribution in [3.05, 3.63) is 18.0 Å². The van der Waals surface area contributed by atoms with Gasteiger partial charge in [0.2, 0.25) is 0 Å². The maximum atomic E-state index is 5.79. The van der Waals surface area contributed by atoms with Crippen molar-refractivity contribution in [1.29, 1.82) is 0 Å². The Morgan fingerprint density at radius 2 is 2.62 bits per heavy atom. The lowest BCUT2D eigenvalue weighted by molar-refractivity contribution is 0.313. The number of aromatic nitrogens is 2. The van der Waals surface area contributed by atoms with E-state index in [4.69, 9.17) is 5.73 Å². The van der Waals surface area contributed by atoms with Crippen LogP contribution in [0.1, 0.15) is 25.5 Å². The number of aryl methyl sites for hydroxylation is 1. The molecule has 3 nitrogen and oxygen atoms in total. The fraction of sp³-hybridized carbons (Fsp3) is 0.700. The van der Waals surface area contributed by atoms with E-state index in [1.54, 1.807) is 0 Å². The second-order valence-electron chi connectivity index (χ2n) is 4.12. The minimum atomic E-state index is 0.321. The van der Waals surface area contributed by atoms with Crippen LogP contribution in [0.2, 0.25) is 0 Å². The summed E-state index contributed by atoms with van der Waals surface area (Å²) in [6.45, 7) is 3.14. The molecule has 2 N–H and O–H groups in total. The minimum absolute atomic E-state index is 0.321. The van der Waals surface area contributed by atoms with Gasteiger partial charge in [0.05, 0.1) is 0 Å². The van der Waals surface area contributed by atoms with Crippen LogP contribution in [-0.2, 0) is 13.0 Å². The number of rotatable bonds is 2. The second kappa shape index (κ2) is 3.50. The summed E-state index contributed by atoms with van der Waals surface area (Å²) in [4.78, 5) is 0. The highest BCUT2D eigenvalue weighted by atomic mass is 15.3. The third-order valence-corrected chi connectivity index (χ3v) is 2.75. The lowest BCUT2D eigenvalue weighted by atomic mass is 9.92. The van der Waals surface area contributed by atoms with Crippen molar-refractivity contribution < 1.29 is 0 Å². The van der Waals surface area contributed by atoms with E-state index in [0.29, 0.717) is 6.04 Å². The highest BCUT2D eigenvalue weighted by Gasteiger charge is 2.19. The summed E-state index contributed by atoms with van der Waals surface area (Å²) in [5.41, 5.74) is 7.16. The Labute approximate surface area is 78.9 Å². The predicted octanol–water partition coefficient (Wildman–Crippen LogP) is 1.18. The molecule has 1 aliphatic rings. The molecule has 1 aliphatic heterocycles. The Morgan fingerprint density at radius 3 is 3.38 bits per heavy atom. The Kier molecular flexibility index (Phi) is 2.36. The van der Waals surface area contributed by atoms with Gasteiger partial charge >= 0.3 is 0 Å². The van der Waals surface area contributed by atoms with E-state index in [-0.39, 0.29) is 0 Å². The SMILES string of the molecule is CC(N)CC1CCc2ccnn2C1. The first-order valence-corrected chi connectivity index (χ1v) is 5.02. The van der Waals surface area contributed by atoms with Crippen LogP contribution in [0.15, 0.2) is 12.3 Å². The van der Waals surface area contributed by atoms with Gasteiger partial charge in [-0.1, -0.05) is 0 Å². The fourth-order valence-corrected chi connectivity index (χ4v) is 2.14. The molecule has 0 aliphatic carbocycles. The molecule has 0 bridgehead atoms. The van der Waals surface area contributed by atoms with Gasteiger partial charge in [-0.05, 0) is 38.2 Å². The van der Waals surface area contributed by atoms with Gasteiger partial charge in [0.15, 0.2) is 0 Å². The van der Waals surface area contributed by atoms with E-state index < -0.39 is 0 Å². The molecule has 0 spiro atoms. The summed E-state index contributed by atoms with van der Waals surface area (Å²) < 4.78 is 2.12. The molecule has 3 heteroatoms. The monoisotopic (exact) mass is 179 g/mol. The molecule has 13 heavy (non-hydrogen) atoms. The van der Waals surface area contributed by atoms with E-state index in [1.165, 1.54) is 12.1 Å². The van der Waals surface area contributed by atoms with Crippen LogP contribution < -0.4 is 5.73 Å². The average Bonchev–Trinajstić information content (AvgIpc) is 2.49. The zero-order valence-electron chi connectivity index (χ0n) is 8.11. The molecule has 0 saturated carbocycles. The predicted molar refractivity (Wildman–Crippen MR) is 52.3 cm³/mol. The average molecular weight is 179 g/mol. The molecule has 0 fully saturated rings. The van der Waals surface area contributed by atoms with Crippen LogP contribution in [0.25, 0.3) is 0 Å². The number of nitrogens with two attached hydrogens (primary N) is 1. The van der Waals surface area contributed by atoms with Gasteiger partial charge in [0, 0.05) is 24.5 Å². The number of fused-ring (bicyclic) bond motifs is 1. The van der Waals surface area contributed by atoms with Gasteiger partial charge in [-0.3, -0.25) is 4.68 Å². The topological polar surface area (TPSA) is 43.8 Å². The van der Waals surface area contributed by atoms with Crippen LogP contribution in [0.5, 0.6) is 0 Å². The lowest BCUT2D eigenvalue weighted by Crippen LogP contribution is -2.27. The lowest BCUT2D eigenvalue weighted by Gasteiger charge is -2.24. The van der Waals surface area contributed by atoms with Gasteiger partial charge in [-0.25, -0.2) is 0 Å². The standard InChI is InChI=1S/C10H17N3/c1-8(11)6-9-2-3-10-4-5-12-13(10)7-9/h4-5,8-9H,2-3,6-7,11H2,1H3. The number of hydrogen-bond donors (Lipinski definition) is 1. The third kappa shape index (κ3) is 1.91. The quantitative estimate of drug-likeness (QED) is 0.741. The molecular weight excluding hydrogens is 162 g/mol. The van der Waals surface area contributed by atoms with E-state index in [9.17, 15) is 0 Å². The van der Waals surface area contributed by atoms with Gasteiger partial charge in [0.1, 0.15) is 0 Å². The Bertz CT molecular complexity index is 277. The van der Waals surface area contributed by atoms with Crippen molar-refractivity contribution >= 4 is 0 Å². The van der Waals surface area contributed by atoms with Crippen molar-refractivity contribution in [3.63, 3.8) is 0 Å². The van der Waals surface area contributed by atoms with Crippen molar-refractivity contribution in [2.24, 2.45) is 11.7 Å². The van der Waals surface area contributed by atoms with Crippen molar-refractivity contribution in [1.82, 2.24) is 9.78 Å². The highest BCUT2D eigenvalue weighted by Crippen LogP contribution is 2.22. The van der Waals surface area contributed by atoms with Crippen LogP contribution in [0.3, 0.4) is 0 Å². The molecule has 0 radical (unpaired) electrons. The normalized spacial score (nSPS) is 24.0. The summed E-state index contributed by atoms with van der Waals surface area (Å²) >= 11 is 0. The summed E-state index contributed by atoms with van der Waals surface area (Å²) in [6.07, 6.45) is 5.45. The molecule has 72 valence electrons. The maximum Gasteiger partial charge on any atom is 0.0492 e. The molecule has 2 rings (SSSR count). The maximum absolute atomic E-state index is 5.79. The molecule has 2 heterocycles. The number of hydrogen-bond acceptors (Lipinski definition) is 2.